The van der Waals surface area contributed by atoms with E-state index in [2.05, 4.69) is 86.6 Å². The quantitative estimate of drug-likeness (QED) is 0.325. The van der Waals surface area contributed by atoms with E-state index in [0.717, 1.165) is 12.8 Å². The van der Waals surface area contributed by atoms with E-state index >= 15 is 0 Å². The number of hydrogen-bond donors (Lipinski definition) is 0. The van der Waals surface area contributed by atoms with Crippen molar-refractivity contribution in [3.05, 3.63) is 97.8 Å². The summed E-state index contributed by atoms with van der Waals surface area (Å²) in [7, 11) is 0. The minimum atomic E-state index is 0. The van der Waals surface area contributed by atoms with Crippen molar-refractivity contribution in [2.75, 3.05) is 0 Å². The summed E-state index contributed by atoms with van der Waals surface area (Å²) in [6.45, 7) is 10.0. The van der Waals surface area contributed by atoms with Gasteiger partial charge < -0.3 is 13.8 Å². The second-order valence-electron chi connectivity index (χ2n) is 5.49. The third kappa shape index (κ3) is 5.51. The van der Waals surface area contributed by atoms with Crippen molar-refractivity contribution in [2.45, 2.75) is 26.7 Å². The van der Waals surface area contributed by atoms with Crippen molar-refractivity contribution in [3.8, 4) is 0 Å². The largest absolute Gasteiger partial charge is 4.00 e. The summed E-state index contributed by atoms with van der Waals surface area (Å²) in [5.41, 5.74) is 2.88. The first-order valence-electron chi connectivity index (χ1n) is 8.59. The number of hydrogen-bond acceptors (Lipinski definition) is 0. The van der Waals surface area contributed by atoms with Gasteiger partial charge in [-0.3, -0.25) is 0 Å². The maximum absolute atomic E-state index is 3.25. The topological polar surface area (TPSA) is 0 Å². The van der Waals surface area contributed by atoms with E-state index in [9.17, 15) is 0 Å². The Labute approximate surface area is 171 Å². The Balaban J connectivity index is 0.000000586. The average molecular weight is 406 g/mol. The minimum Gasteiger partial charge on any atom is -0.346 e. The van der Waals surface area contributed by atoms with Crippen LogP contribution in [-0.4, -0.2) is 0 Å². The fraction of sp³-hybridized carbons (Fsp3) is 0.167. The zero-order valence-electron chi connectivity index (χ0n) is 15.3. The number of benzene rings is 2. The third-order valence-electron chi connectivity index (χ3n) is 4.06. The standard InChI is InChI=1S/C20H16.2C2H5.Zr/c1-2-6-18-12-15(11-17(18)5-1)9-10-16-13-19-7-3-4-8-20(19)14-16;2*1-2;/h1-8,11-14H,9-10H2;2*1H2,2H3;/q-2;2*-1;+4. The predicted molar refractivity (Wildman–Crippen MR) is 109 cm³/mol. The van der Waals surface area contributed by atoms with Crippen molar-refractivity contribution >= 4 is 21.5 Å². The molecule has 0 amide bonds. The van der Waals surface area contributed by atoms with Crippen LogP contribution in [-0.2, 0) is 39.0 Å². The van der Waals surface area contributed by atoms with Crippen LogP contribution in [0.4, 0.5) is 0 Å². The first kappa shape index (κ1) is 21.6. The molecule has 126 valence electrons. The second-order valence-corrected chi connectivity index (χ2v) is 5.49. The molecule has 0 saturated carbocycles. The fourth-order valence-electron chi connectivity index (χ4n) is 3.01. The smallest absolute Gasteiger partial charge is 0.346 e. The molecule has 0 heterocycles. The van der Waals surface area contributed by atoms with E-state index in [1.807, 2.05) is 0 Å². The molecule has 1 heteroatoms. The monoisotopic (exact) mass is 404 g/mol. The van der Waals surface area contributed by atoms with Crippen LogP contribution in [0.25, 0.3) is 21.5 Å². The van der Waals surface area contributed by atoms with Crippen LogP contribution in [0.5, 0.6) is 0 Å². The van der Waals surface area contributed by atoms with Gasteiger partial charge in [0.1, 0.15) is 0 Å². The van der Waals surface area contributed by atoms with Crippen LogP contribution in [0.2, 0.25) is 0 Å². The average Bonchev–Trinajstić information content (AvgIpc) is 3.26. The van der Waals surface area contributed by atoms with Gasteiger partial charge in [-0.15, -0.1) is 81.2 Å². The van der Waals surface area contributed by atoms with Crippen molar-refractivity contribution < 1.29 is 26.2 Å². The molecule has 0 fully saturated rings. The molecule has 0 aliphatic rings. The van der Waals surface area contributed by atoms with Crippen LogP contribution >= 0.6 is 0 Å². The summed E-state index contributed by atoms with van der Waals surface area (Å²) < 4.78 is 0. The Hall–Kier alpha value is -1.46. The van der Waals surface area contributed by atoms with E-state index in [1.165, 1.54) is 32.7 Å². The Morgan fingerprint density at radius 2 is 1.00 bits per heavy atom. The molecule has 0 bridgehead atoms. The maximum Gasteiger partial charge on any atom is 4.00 e. The summed E-state index contributed by atoms with van der Waals surface area (Å²) in [4.78, 5) is 0. The van der Waals surface area contributed by atoms with Crippen molar-refractivity contribution in [1.29, 1.82) is 0 Å². The van der Waals surface area contributed by atoms with Crippen LogP contribution in [0.1, 0.15) is 25.0 Å². The summed E-state index contributed by atoms with van der Waals surface area (Å²) in [6.07, 6.45) is 2.23. The minimum absolute atomic E-state index is 0. The normalized spacial score (nSPS) is 9.60. The number of rotatable bonds is 3. The summed E-state index contributed by atoms with van der Waals surface area (Å²) in [5.74, 6) is 0. The Bertz CT molecular complexity index is 724. The SMILES string of the molecule is [CH2-]C.[CH2-]C.[Zr+4].c1ccc2[cH-]c(CCc3cc4ccccc4[cH-]3)cc2c1. The number of fused-ring (bicyclic) bond motifs is 2. The molecule has 0 radical (unpaired) electrons. The van der Waals surface area contributed by atoms with Gasteiger partial charge in [0.2, 0.25) is 0 Å². The Kier molecular flexibility index (Phi) is 9.68. The molecule has 4 aromatic rings. The van der Waals surface area contributed by atoms with E-state index in [-0.39, 0.29) is 26.2 Å². The van der Waals surface area contributed by atoms with Crippen LogP contribution in [0.15, 0.2) is 72.8 Å². The van der Waals surface area contributed by atoms with Gasteiger partial charge in [0.15, 0.2) is 0 Å². The fourth-order valence-corrected chi connectivity index (χ4v) is 3.01. The third-order valence-corrected chi connectivity index (χ3v) is 4.06. The molecular weight excluding hydrogens is 379 g/mol. The zero-order chi connectivity index (χ0) is 17.4. The molecule has 25 heavy (non-hydrogen) atoms. The molecule has 0 unspecified atom stereocenters. The van der Waals surface area contributed by atoms with Crippen molar-refractivity contribution in [2.24, 2.45) is 0 Å². The van der Waals surface area contributed by atoms with E-state index in [0.29, 0.717) is 0 Å². The van der Waals surface area contributed by atoms with Gasteiger partial charge in [0.25, 0.3) is 0 Å². The predicted octanol–water partition coefficient (Wildman–Crippen LogP) is 6.89. The molecule has 0 aliphatic heterocycles. The van der Waals surface area contributed by atoms with E-state index in [4.69, 9.17) is 0 Å². The number of aryl methyl sites for hydroxylation is 2. The molecule has 0 atom stereocenters. The molecule has 4 rings (SSSR count). The summed E-state index contributed by atoms with van der Waals surface area (Å²) >= 11 is 0. The first-order valence-corrected chi connectivity index (χ1v) is 8.59. The zero-order valence-corrected chi connectivity index (χ0v) is 17.7. The molecule has 0 nitrogen and oxygen atoms in total. The summed E-state index contributed by atoms with van der Waals surface area (Å²) in [5, 5.41) is 5.43. The molecule has 0 N–H and O–H groups in total. The first-order chi connectivity index (χ1) is 11.9. The summed E-state index contributed by atoms with van der Waals surface area (Å²) in [6, 6.07) is 26.5. The molecular formula is C24H26Zr. The Morgan fingerprint density at radius 3 is 1.36 bits per heavy atom. The van der Waals surface area contributed by atoms with Crippen LogP contribution in [0, 0.1) is 13.8 Å². The molecule has 0 spiro atoms. The van der Waals surface area contributed by atoms with Gasteiger partial charge >= 0.3 is 26.2 Å². The van der Waals surface area contributed by atoms with Gasteiger partial charge in [-0.1, -0.05) is 12.1 Å². The molecule has 4 aromatic carbocycles. The molecule has 0 aromatic heterocycles. The molecule has 0 aliphatic carbocycles. The van der Waals surface area contributed by atoms with E-state index in [1.54, 1.807) is 13.8 Å². The second kappa shape index (κ2) is 11.2. The van der Waals surface area contributed by atoms with Gasteiger partial charge in [0, 0.05) is 0 Å². The maximum atomic E-state index is 3.25. The van der Waals surface area contributed by atoms with Crippen molar-refractivity contribution in [1.82, 2.24) is 0 Å². The van der Waals surface area contributed by atoms with Gasteiger partial charge in [-0.2, -0.15) is 26.0 Å². The van der Waals surface area contributed by atoms with E-state index < -0.39 is 0 Å². The molecule has 0 saturated heterocycles. The van der Waals surface area contributed by atoms with Crippen LogP contribution < -0.4 is 0 Å². The van der Waals surface area contributed by atoms with Gasteiger partial charge in [-0.25, -0.2) is 0 Å². The van der Waals surface area contributed by atoms with Gasteiger partial charge in [-0.05, 0) is 12.8 Å². The Morgan fingerprint density at radius 1 is 0.640 bits per heavy atom. The van der Waals surface area contributed by atoms with Gasteiger partial charge in [0.05, 0.1) is 0 Å². The van der Waals surface area contributed by atoms with Crippen LogP contribution in [0.3, 0.4) is 0 Å². The van der Waals surface area contributed by atoms with Crippen molar-refractivity contribution in [3.63, 3.8) is 0 Å².